The molecule has 12 heteroatoms. The van der Waals surface area contributed by atoms with Crippen molar-refractivity contribution >= 4 is 39.1 Å². The molecule has 0 aliphatic carbocycles. The van der Waals surface area contributed by atoms with Crippen LogP contribution in [0.1, 0.15) is 42.5 Å². The molecule has 0 atom stereocenters. The lowest BCUT2D eigenvalue weighted by Crippen LogP contribution is -2.18. The van der Waals surface area contributed by atoms with Crippen molar-refractivity contribution in [2.24, 2.45) is 5.73 Å². The van der Waals surface area contributed by atoms with Crippen LogP contribution in [-0.4, -0.2) is 26.6 Å². The van der Waals surface area contributed by atoms with Crippen molar-refractivity contribution in [2.45, 2.75) is 33.7 Å². The van der Waals surface area contributed by atoms with Crippen LogP contribution in [0.3, 0.4) is 0 Å². The number of carbonyl (C=O) groups is 2. The van der Waals surface area contributed by atoms with Crippen LogP contribution in [0.5, 0.6) is 5.75 Å². The number of primary amides is 1. The molecule has 8 nitrogen and oxygen atoms in total. The highest BCUT2D eigenvalue weighted by atomic mass is 32.1. The second kappa shape index (κ2) is 10.7. The Bertz CT molecular complexity index is 1770. The van der Waals surface area contributed by atoms with E-state index in [1.54, 1.807) is 30.5 Å². The number of nitrogens with zero attached hydrogens (tertiary/aromatic N) is 3. The summed E-state index contributed by atoms with van der Waals surface area (Å²) in [5.41, 5.74) is 8.00. The zero-order valence-corrected chi connectivity index (χ0v) is 23.0. The number of aromatic nitrogens is 3. The van der Waals surface area contributed by atoms with Crippen LogP contribution in [-0.2, 0) is 12.9 Å². The van der Waals surface area contributed by atoms with Crippen molar-refractivity contribution in [2.75, 3.05) is 5.32 Å². The van der Waals surface area contributed by atoms with E-state index in [0.717, 1.165) is 22.8 Å². The fourth-order valence-electron chi connectivity index (χ4n) is 4.39. The molecular formula is C29H24F3N5O3S. The molecule has 0 spiro atoms. The number of carbonyl (C=O) groups excluding carboxylic acids is 2. The Morgan fingerprint density at radius 2 is 1.68 bits per heavy atom. The van der Waals surface area contributed by atoms with Gasteiger partial charge in [-0.25, -0.2) is 9.67 Å². The molecule has 41 heavy (non-hydrogen) atoms. The molecule has 0 aliphatic heterocycles. The fraction of sp³-hybridized carbons (Fsp3) is 0.172. The number of pyridine rings is 1. The number of rotatable bonds is 7. The lowest BCUT2D eigenvalue weighted by molar-refractivity contribution is -0.140. The molecule has 0 fully saturated rings. The SMILES string of the molecule is Cc1ccc(-c2cc(C(F)(F)F)nc3sc(C(N)=O)c(NC(=O)c4ccn(COc5cc(C)cc(C)c5)n4)c23)cc1. The lowest BCUT2D eigenvalue weighted by Gasteiger charge is -2.12. The number of fused-ring (bicyclic) bond motifs is 1. The van der Waals surface area contributed by atoms with Gasteiger partial charge in [0.25, 0.3) is 11.8 Å². The number of nitrogens with two attached hydrogens (primary N) is 1. The van der Waals surface area contributed by atoms with Crippen LogP contribution < -0.4 is 15.8 Å². The van der Waals surface area contributed by atoms with E-state index in [1.165, 1.54) is 10.7 Å². The van der Waals surface area contributed by atoms with Crippen molar-refractivity contribution in [1.82, 2.24) is 14.8 Å². The van der Waals surface area contributed by atoms with Gasteiger partial charge in [-0.1, -0.05) is 35.9 Å². The summed E-state index contributed by atoms with van der Waals surface area (Å²) in [6.45, 7) is 5.79. The van der Waals surface area contributed by atoms with Gasteiger partial charge in [0.05, 0.1) is 5.69 Å². The zero-order valence-electron chi connectivity index (χ0n) is 22.2. The minimum absolute atomic E-state index is 0.000509. The molecule has 2 aromatic carbocycles. The first-order chi connectivity index (χ1) is 19.4. The maximum atomic E-state index is 13.7. The van der Waals surface area contributed by atoms with Gasteiger partial charge in [-0.2, -0.15) is 18.3 Å². The van der Waals surface area contributed by atoms with Crippen LogP contribution in [0.4, 0.5) is 18.9 Å². The lowest BCUT2D eigenvalue weighted by atomic mass is 10.00. The molecule has 5 aromatic rings. The number of thiophene rings is 1. The van der Waals surface area contributed by atoms with Gasteiger partial charge in [-0.3, -0.25) is 9.59 Å². The summed E-state index contributed by atoms with van der Waals surface area (Å²) < 4.78 is 48.4. The molecular weight excluding hydrogens is 555 g/mol. The number of benzene rings is 2. The largest absolute Gasteiger partial charge is 0.471 e. The first-order valence-electron chi connectivity index (χ1n) is 12.4. The summed E-state index contributed by atoms with van der Waals surface area (Å²) in [4.78, 5) is 29.1. The van der Waals surface area contributed by atoms with Crippen molar-refractivity contribution in [3.05, 3.63) is 93.7 Å². The van der Waals surface area contributed by atoms with Crippen LogP contribution >= 0.6 is 11.3 Å². The normalized spacial score (nSPS) is 11.6. The highest BCUT2D eigenvalue weighted by molar-refractivity contribution is 7.21. The van der Waals surface area contributed by atoms with Gasteiger partial charge in [0.1, 0.15) is 21.2 Å². The van der Waals surface area contributed by atoms with Crippen LogP contribution in [0, 0.1) is 20.8 Å². The molecule has 3 N–H and O–H groups in total. The Hall–Kier alpha value is -4.71. The van der Waals surface area contributed by atoms with E-state index in [9.17, 15) is 22.8 Å². The molecule has 0 unspecified atom stereocenters. The van der Waals surface area contributed by atoms with Crippen molar-refractivity contribution in [3.63, 3.8) is 0 Å². The highest BCUT2D eigenvalue weighted by Gasteiger charge is 2.35. The Morgan fingerprint density at radius 1 is 1.00 bits per heavy atom. The van der Waals surface area contributed by atoms with Gasteiger partial charge < -0.3 is 15.8 Å². The molecule has 0 bridgehead atoms. The molecule has 5 rings (SSSR count). The third kappa shape index (κ3) is 5.92. The van der Waals surface area contributed by atoms with Gasteiger partial charge in [0.2, 0.25) is 0 Å². The van der Waals surface area contributed by atoms with E-state index >= 15 is 0 Å². The number of aryl methyl sites for hydroxylation is 3. The second-order valence-electron chi connectivity index (χ2n) is 9.56. The Kier molecular flexibility index (Phi) is 7.26. The number of hydrogen-bond acceptors (Lipinski definition) is 6. The fourth-order valence-corrected chi connectivity index (χ4v) is 5.39. The molecule has 210 valence electrons. The Labute approximate surface area is 236 Å². The first kappa shape index (κ1) is 27.8. The molecule has 0 saturated heterocycles. The monoisotopic (exact) mass is 579 g/mol. The Balaban J connectivity index is 1.51. The predicted octanol–water partition coefficient (Wildman–Crippen LogP) is 6.49. The maximum Gasteiger partial charge on any atom is 0.433 e. The van der Waals surface area contributed by atoms with Crippen LogP contribution in [0.15, 0.2) is 60.8 Å². The van der Waals surface area contributed by atoms with E-state index in [4.69, 9.17) is 10.5 Å². The number of hydrogen-bond donors (Lipinski definition) is 2. The van der Waals surface area contributed by atoms with E-state index in [1.807, 2.05) is 39.0 Å². The average molecular weight is 580 g/mol. The summed E-state index contributed by atoms with van der Waals surface area (Å²) in [7, 11) is 0. The molecule has 0 radical (unpaired) electrons. The molecule has 0 aliphatic rings. The number of anilines is 1. The van der Waals surface area contributed by atoms with Crippen LogP contribution in [0.25, 0.3) is 21.3 Å². The van der Waals surface area contributed by atoms with Gasteiger partial charge in [0, 0.05) is 11.6 Å². The summed E-state index contributed by atoms with van der Waals surface area (Å²) in [6, 6.07) is 15.0. The van der Waals surface area contributed by atoms with Crippen molar-refractivity contribution in [3.8, 4) is 16.9 Å². The molecule has 3 aromatic heterocycles. The minimum Gasteiger partial charge on any atom is -0.471 e. The van der Waals surface area contributed by atoms with Gasteiger partial charge in [-0.05, 0) is 67.3 Å². The minimum atomic E-state index is -4.74. The second-order valence-corrected chi connectivity index (χ2v) is 10.6. The standard InChI is InChI=1S/C29H24F3N5O3S/c1-15-4-6-18(7-5-15)20-13-22(29(30,31)32)34-28-23(20)24(25(41-28)26(33)38)35-27(39)21-8-9-37(36-21)14-40-19-11-16(2)10-17(3)12-19/h4-13H,14H2,1-3H3,(H2,33,38)(H,35,39). The third-order valence-corrected chi connectivity index (χ3v) is 7.31. The highest BCUT2D eigenvalue weighted by Crippen LogP contribution is 2.43. The van der Waals surface area contributed by atoms with Gasteiger partial charge in [-0.15, -0.1) is 11.3 Å². The van der Waals surface area contributed by atoms with Crippen molar-refractivity contribution < 1.29 is 27.5 Å². The quantitative estimate of drug-likeness (QED) is 0.229. The zero-order chi connectivity index (χ0) is 29.5. The van der Waals surface area contributed by atoms with Crippen molar-refractivity contribution in [1.29, 1.82) is 0 Å². The van der Waals surface area contributed by atoms with E-state index in [-0.39, 0.29) is 38.8 Å². The molecule has 0 saturated carbocycles. The first-order valence-corrected chi connectivity index (χ1v) is 13.2. The van der Waals surface area contributed by atoms with Gasteiger partial charge in [0.15, 0.2) is 12.4 Å². The summed E-state index contributed by atoms with van der Waals surface area (Å²) >= 11 is 0.679. The number of amides is 2. The summed E-state index contributed by atoms with van der Waals surface area (Å²) in [5, 5.41) is 7.06. The number of nitrogens with one attached hydrogen (secondary N) is 1. The predicted molar refractivity (Wildman–Crippen MR) is 150 cm³/mol. The topological polar surface area (TPSA) is 112 Å². The van der Waals surface area contributed by atoms with E-state index < -0.39 is 23.7 Å². The smallest absolute Gasteiger partial charge is 0.433 e. The Morgan fingerprint density at radius 3 is 2.32 bits per heavy atom. The molecule has 3 heterocycles. The number of alkyl halides is 3. The summed E-state index contributed by atoms with van der Waals surface area (Å²) in [6.07, 6.45) is -3.19. The number of halogens is 3. The van der Waals surface area contributed by atoms with E-state index in [0.29, 0.717) is 22.6 Å². The average Bonchev–Trinajstić information content (AvgIpc) is 3.52. The van der Waals surface area contributed by atoms with Gasteiger partial charge >= 0.3 is 6.18 Å². The summed E-state index contributed by atoms with van der Waals surface area (Å²) in [5.74, 6) is -0.958. The molecule has 2 amide bonds. The third-order valence-electron chi connectivity index (χ3n) is 6.21. The maximum absolute atomic E-state index is 13.7. The van der Waals surface area contributed by atoms with E-state index in [2.05, 4.69) is 15.4 Å². The van der Waals surface area contributed by atoms with Crippen LogP contribution in [0.2, 0.25) is 0 Å². The number of ether oxygens (including phenoxy) is 1.